The van der Waals surface area contributed by atoms with Gasteiger partial charge in [0.05, 0.1) is 24.0 Å². The molecule has 1 fully saturated rings. The van der Waals surface area contributed by atoms with Crippen LogP contribution in [0, 0.1) is 0 Å². The lowest BCUT2D eigenvalue weighted by Gasteiger charge is -2.14. The molecule has 2 aromatic rings. The Morgan fingerprint density at radius 3 is 2.92 bits per heavy atom. The highest BCUT2D eigenvalue weighted by Gasteiger charge is 2.15. The van der Waals surface area contributed by atoms with Crippen molar-refractivity contribution in [1.82, 2.24) is 20.4 Å². The highest BCUT2D eigenvalue weighted by Crippen LogP contribution is 2.10. The second-order valence-corrected chi connectivity index (χ2v) is 5.80. The first kappa shape index (κ1) is 16.5. The predicted octanol–water partition coefficient (Wildman–Crippen LogP) is 2.11. The molecular formula is C18H25N5O. The van der Waals surface area contributed by atoms with E-state index in [-0.39, 0.29) is 0 Å². The monoisotopic (exact) mass is 327 g/mol. The van der Waals surface area contributed by atoms with E-state index < -0.39 is 0 Å². The SMILES string of the molecule is CCNC(=NCc1ccn(-c2ccccc2)n1)NCC1CCCO1. The van der Waals surface area contributed by atoms with Crippen molar-refractivity contribution in [2.75, 3.05) is 19.7 Å². The number of guanidine groups is 1. The lowest BCUT2D eigenvalue weighted by molar-refractivity contribution is 0.114. The van der Waals surface area contributed by atoms with Crippen LogP contribution in [0.25, 0.3) is 5.69 Å². The average molecular weight is 327 g/mol. The number of nitrogens with zero attached hydrogens (tertiary/aromatic N) is 3. The van der Waals surface area contributed by atoms with Crippen LogP contribution in [0.5, 0.6) is 0 Å². The topological polar surface area (TPSA) is 63.5 Å². The van der Waals surface area contributed by atoms with Crippen molar-refractivity contribution in [3.8, 4) is 5.69 Å². The van der Waals surface area contributed by atoms with Crippen molar-refractivity contribution in [2.24, 2.45) is 4.99 Å². The normalized spacial score (nSPS) is 17.9. The molecule has 2 heterocycles. The Morgan fingerprint density at radius 2 is 2.17 bits per heavy atom. The Morgan fingerprint density at radius 1 is 1.29 bits per heavy atom. The van der Waals surface area contributed by atoms with Gasteiger partial charge in [-0.05, 0) is 38.0 Å². The third-order valence-corrected chi connectivity index (χ3v) is 3.93. The molecule has 1 saturated heterocycles. The predicted molar refractivity (Wildman–Crippen MR) is 95.4 cm³/mol. The third kappa shape index (κ3) is 4.58. The summed E-state index contributed by atoms with van der Waals surface area (Å²) in [7, 11) is 0. The van der Waals surface area contributed by atoms with Crippen LogP contribution in [0.2, 0.25) is 0 Å². The highest BCUT2D eigenvalue weighted by molar-refractivity contribution is 5.79. The van der Waals surface area contributed by atoms with Crippen LogP contribution in [0.1, 0.15) is 25.5 Å². The number of aromatic nitrogens is 2. The van der Waals surface area contributed by atoms with Crippen LogP contribution in [0.15, 0.2) is 47.6 Å². The van der Waals surface area contributed by atoms with Crippen molar-refractivity contribution >= 4 is 5.96 Å². The summed E-state index contributed by atoms with van der Waals surface area (Å²) in [5, 5.41) is 11.2. The summed E-state index contributed by atoms with van der Waals surface area (Å²) in [6, 6.07) is 12.1. The van der Waals surface area contributed by atoms with Gasteiger partial charge in [0.25, 0.3) is 0 Å². The smallest absolute Gasteiger partial charge is 0.191 e. The summed E-state index contributed by atoms with van der Waals surface area (Å²) in [4.78, 5) is 4.61. The molecule has 2 N–H and O–H groups in total. The molecule has 1 aromatic carbocycles. The third-order valence-electron chi connectivity index (χ3n) is 3.93. The number of para-hydroxylation sites is 1. The van der Waals surface area contributed by atoms with E-state index in [9.17, 15) is 0 Å². The van der Waals surface area contributed by atoms with Crippen molar-refractivity contribution in [2.45, 2.75) is 32.4 Å². The molecule has 3 rings (SSSR count). The molecule has 1 aliphatic heterocycles. The van der Waals surface area contributed by atoms with E-state index in [4.69, 9.17) is 4.74 Å². The van der Waals surface area contributed by atoms with Gasteiger partial charge in [-0.3, -0.25) is 0 Å². The number of ether oxygens (including phenoxy) is 1. The average Bonchev–Trinajstić information content (AvgIpc) is 3.30. The molecule has 6 heteroatoms. The quantitative estimate of drug-likeness (QED) is 0.630. The van der Waals surface area contributed by atoms with Crippen molar-refractivity contribution < 1.29 is 4.74 Å². The summed E-state index contributed by atoms with van der Waals surface area (Å²) < 4.78 is 7.51. The minimum Gasteiger partial charge on any atom is -0.376 e. The Kier molecular flexibility index (Phi) is 5.85. The Labute approximate surface area is 142 Å². The van der Waals surface area contributed by atoms with E-state index in [0.29, 0.717) is 12.6 Å². The minimum atomic E-state index is 0.297. The van der Waals surface area contributed by atoms with E-state index in [1.807, 2.05) is 47.3 Å². The van der Waals surface area contributed by atoms with E-state index >= 15 is 0 Å². The number of hydrogen-bond acceptors (Lipinski definition) is 3. The van der Waals surface area contributed by atoms with Crippen LogP contribution >= 0.6 is 0 Å². The number of benzene rings is 1. The fourth-order valence-electron chi connectivity index (χ4n) is 2.69. The van der Waals surface area contributed by atoms with Gasteiger partial charge in [0.2, 0.25) is 0 Å². The molecule has 6 nitrogen and oxygen atoms in total. The van der Waals surface area contributed by atoms with Gasteiger partial charge < -0.3 is 15.4 Å². The van der Waals surface area contributed by atoms with Gasteiger partial charge in [-0.1, -0.05) is 18.2 Å². The molecule has 0 amide bonds. The largest absolute Gasteiger partial charge is 0.376 e. The summed E-state index contributed by atoms with van der Waals surface area (Å²) in [6.07, 6.45) is 4.53. The van der Waals surface area contributed by atoms with Gasteiger partial charge in [0.15, 0.2) is 5.96 Å². The second kappa shape index (κ2) is 8.49. The molecule has 128 valence electrons. The molecule has 24 heavy (non-hydrogen) atoms. The molecule has 0 bridgehead atoms. The van der Waals surface area contributed by atoms with Crippen molar-refractivity contribution in [3.05, 3.63) is 48.3 Å². The molecule has 0 saturated carbocycles. The van der Waals surface area contributed by atoms with E-state index in [0.717, 1.165) is 49.9 Å². The molecular weight excluding hydrogens is 302 g/mol. The lowest BCUT2D eigenvalue weighted by atomic mass is 10.2. The van der Waals surface area contributed by atoms with Gasteiger partial charge in [0.1, 0.15) is 0 Å². The lowest BCUT2D eigenvalue weighted by Crippen LogP contribution is -2.41. The fraction of sp³-hybridized carbons (Fsp3) is 0.444. The van der Waals surface area contributed by atoms with Gasteiger partial charge in [-0.25, -0.2) is 9.67 Å². The zero-order valence-electron chi connectivity index (χ0n) is 14.1. The Bertz CT molecular complexity index is 646. The maximum absolute atomic E-state index is 5.64. The molecule has 0 radical (unpaired) electrons. The highest BCUT2D eigenvalue weighted by atomic mass is 16.5. The molecule has 1 aromatic heterocycles. The Balaban J connectivity index is 1.58. The maximum Gasteiger partial charge on any atom is 0.191 e. The van der Waals surface area contributed by atoms with Crippen LogP contribution in [-0.2, 0) is 11.3 Å². The van der Waals surface area contributed by atoms with Crippen LogP contribution < -0.4 is 10.6 Å². The van der Waals surface area contributed by atoms with Crippen LogP contribution in [0.4, 0.5) is 0 Å². The summed E-state index contributed by atoms with van der Waals surface area (Å²) in [6.45, 7) is 5.10. The first-order chi connectivity index (χ1) is 11.8. The van der Waals surface area contributed by atoms with E-state index in [1.54, 1.807) is 0 Å². The first-order valence-electron chi connectivity index (χ1n) is 8.59. The maximum atomic E-state index is 5.64. The number of hydrogen-bond donors (Lipinski definition) is 2. The van der Waals surface area contributed by atoms with Gasteiger partial charge in [-0.2, -0.15) is 5.10 Å². The first-order valence-corrected chi connectivity index (χ1v) is 8.59. The van der Waals surface area contributed by atoms with Gasteiger partial charge in [0, 0.05) is 25.9 Å². The van der Waals surface area contributed by atoms with Crippen molar-refractivity contribution in [3.63, 3.8) is 0 Å². The van der Waals surface area contributed by atoms with Crippen LogP contribution in [0.3, 0.4) is 0 Å². The number of rotatable bonds is 6. The fourth-order valence-corrected chi connectivity index (χ4v) is 2.69. The van der Waals surface area contributed by atoms with Crippen molar-refractivity contribution in [1.29, 1.82) is 0 Å². The Hall–Kier alpha value is -2.34. The number of aliphatic imine (C=N–C) groups is 1. The second-order valence-electron chi connectivity index (χ2n) is 5.80. The summed E-state index contributed by atoms with van der Waals surface area (Å²) in [5.74, 6) is 0.808. The van der Waals surface area contributed by atoms with Gasteiger partial charge >= 0.3 is 0 Å². The molecule has 1 unspecified atom stereocenters. The van der Waals surface area contributed by atoms with Gasteiger partial charge in [-0.15, -0.1) is 0 Å². The van der Waals surface area contributed by atoms with E-state index in [1.165, 1.54) is 0 Å². The molecule has 0 spiro atoms. The standard InChI is InChI=1S/C18H25N5O/c1-2-19-18(21-14-17-9-6-12-24-17)20-13-15-10-11-23(22-15)16-7-4-3-5-8-16/h3-5,7-8,10-11,17H,2,6,9,12-14H2,1H3,(H2,19,20,21). The molecule has 0 aliphatic carbocycles. The zero-order valence-corrected chi connectivity index (χ0v) is 14.1. The summed E-state index contributed by atoms with van der Waals surface area (Å²) >= 11 is 0. The molecule has 1 atom stereocenters. The van der Waals surface area contributed by atoms with E-state index in [2.05, 4.69) is 27.6 Å². The summed E-state index contributed by atoms with van der Waals surface area (Å²) in [5.41, 5.74) is 1.99. The number of nitrogens with one attached hydrogen (secondary N) is 2. The minimum absolute atomic E-state index is 0.297. The van der Waals surface area contributed by atoms with Crippen LogP contribution in [-0.4, -0.2) is 41.5 Å². The zero-order chi connectivity index (χ0) is 16.6. The molecule has 1 aliphatic rings.